The van der Waals surface area contributed by atoms with E-state index in [0.29, 0.717) is 18.1 Å². The van der Waals surface area contributed by atoms with Crippen LogP contribution in [-0.2, 0) is 6.54 Å². The Balaban J connectivity index is 2.10. The highest BCUT2D eigenvalue weighted by atomic mass is 79.9. The Hall–Kier alpha value is -0.580. The van der Waals surface area contributed by atoms with Gasteiger partial charge < -0.3 is 10.2 Å². The summed E-state index contributed by atoms with van der Waals surface area (Å²) in [4.78, 5) is 4.96. The molecule has 1 fully saturated rings. The number of nitrogens with zero attached hydrogens (tertiary/aromatic N) is 2. The molecule has 1 aromatic carbocycles. The van der Waals surface area contributed by atoms with E-state index < -0.39 is 0 Å². The molecular formula is C17H28BrN3. The van der Waals surface area contributed by atoms with Crippen molar-refractivity contribution in [1.82, 2.24) is 10.2 Å². The molecule has 1 aromatic rings. The molecule has 3 nitrogen and oxygen atoms in total. The van der Waals surface area contributed by atoms with Gasteiger partial charge in [-0.15, -0.1) is 0 Å². The van der Waals surface area contributed by atoms with Crippen LogP contribution >= 0.6 is 15.9 Å². The van der Waals surface area contributed by atoms with Crippen LogP contribution in [0, 0.1) is 0 Å². The SMILES string of the molecule is CC(C)NCc1ccc(N2CC(C)N(C)C(C)C2)c(Br)c1. The van der Waals surface area contributed by atoms with Crippen LogP contribution in [0.5, 0.6) is 0 Å². The molecule has 4 heteroatoms. The van der Waals surface area contributed by atoms with E-state index in [2.05, 4.69) is 84.0 Å². The fourth-order valence-corrected chi connectivity index (χ4v) is 3.52. The van der Waals surface area contributed by atoms with Gasteiger partial charge in [0.15, 0.2) is 0 Å². The van der Waals surface area contributed by atoms with Crippen LogP contribution in [-0.4, -0.2) is 43.2 Å². The van der Waals surface area contributed by atoms with Gasteiger partial charge in [-0.2, -0.15) is 0 Å². The monoisotopic (exact) mass is 353 g/mol. The third-order valence-corrected chi connectivity index (χ3v) is 5.06. The van der Waals surface area contributed by atoms with Crippen LogP contribution in [0.2, 0.25) is 0 Å². The van der Waals surface area contributed by atoms with Crippen molar-refractivity contribution in [2.75, 3.05) is 25.0 Å². The first kappa shape index (κ1) is 16.8. The smallest absolute Gasteiger partial charge is 0.0511 e. The second kappa shape index (κ2) is 7.12. The summed E-state index contributed by atoms with van der Waals surface area (Å²) in [6.45, 7) is 12.1. The maximum atomic E-state index is 3.76. The predicted molar refractivity (Wildman–Crippen MR) is 95.0 cm³/mol. The number of hydrogen-bond donors (Lipinski definition) is 1. The molecule has 1 saturated heterocycles. The fourth-order valence-electron chi connectivity index (χ4n) is 2.84. The standard InChI is InChI=1S/C17H28BrN3/c1-12(2)19-9-15-6-7-17(16(18)8-15)21-10-13(3)20(5)14(4)11-21/h6-8,12-14,19H,9-11H2,1-5H3. The van der Waals surface area contributed by atoms with E-state index in [0.717, 1.165) is 19.6 Å². The van der Waals surface area contributed by atoms with E-state index in [9.17, 15) is 0 Å². The second-order valence-corrected chi connectivity index (χ2v) is 7.44. The average Bonchev–Trinajstić information content (AvgIpc) is 2.42. The molecule has 0 spiro atoms. The maximum absolute atomic E-state index is 3.76. The highest BCUT2D eigenvalue weighted by molar-refractivity contribution is 9.10. The molecule has 118 valence electrons. The summed E-state index contributed by atoms with van der Waals surface area (Å²) < 4.78 is 1.20. The average molecular weight is 354 g/mol. The Morgan fingerprint density at radius 3 is 2.38 bits per heavy atom. The quantitative estimate of drug-likeness (QED) is 0.893. The summed E-state index contributed by atoms with van der Waals surface area (Å²) in [5.74, 6) is 0. The maximum Gasteiger partial charge on any atom is 0.0511 e. The van der Waals surface area contributed by atoms with Gasteiger partial charge in [0.2, 0.25) is 0 Å². The molecule has 0 saturated carbocycles. The number of hydrogen-bond acceptors (Lipinski definition) is 3. The highest BCUT2D eigenvalue weighted by Gasteiger charge is 2.27. The van der Waals surface area contributed by atoms with Gasteiger partial charge in [0.25, 0.3) is 0 Å². The van der Waals surface area contributed by atoms with E-state index in [1.165, 1.54) is 15.7 Å². The number of piperazine rings is 1. The van der Waals surface area contributed by atoms with E-state index >= 15 is 0 Å². The molecule has 0 bridgehead atoms. The van der Waals surface area contributed by atoms with Crippen LogP contribution in [0.4, 0.5) is 5.69 Å². The van der Waals surface area contributed by atoms with Gasteiger partial charge in [-0.25, -0.2) is 0 Å². The van der Waals surface area contributed by atoms with Gasteiger partial charge in [-0.1, -0.05) is 19.9 Å². The summed E-state index contributed by atoms with van der Waals surface area (Å²) in [5, 5.41) is 3.47. The van der Waals surface area contributed by atoms with Crippen molar-refractivity contribution in [2.45, 2.75) is 52.4 Å². The molecule has 0 radical (unpaired) electrons. The normalized spacial score (nSPS) is 23.9. The molecule has 2 atom stereocenters. The molecule has 0 aromatic heterocycles. The minimum Gasteiger partial charge on any atom is -0.368 e. The zero-order valence-corrected chi connectivity index (χ0v) is 15.4. The van der Waals surface area contributed by atoms with Crippen LogP contribution in [0.3, 0.4) is 0 Å². The van der Waals surface area contributed by atoms with Crippen LogP contribution < -0.4 is 10.2 Å². The summed E-state index contributed by atoms with van der Waals surface area (Å²) in [5.41, 5.74) is 2.64. The Bertz CT molecular complexity index is 463. The van der Waals surface area contributed by atoms with Gasteiger partial charge in [0.1, 0.15) is 0 Å². The molecule has 1 aliphatic rings. The van der Waals surface area contributed by atoms with E-state index in [4.69, 9.17) is 0 Å². The zero-order valence-electron chi connectivity index (χ0n) is 13.9. The zero-order chi connectivity index (χ0) is 15.6. The van der Waals surface area contributed by atoms with Gasteiger partial charge in [-0.3, -0.25) is 4.90 Å². The van der Waals surface area contributed by atoms with Gasteiger partial charge in [-0.05, 0) is 54.5 Å². The largest absolute Gasteiger partial charge is 0.368 e. The predicted octanol–water partition coefficient (Wildman–Crippen LogP) is 3.48. The van der Waals surface area contributed by atoms with Gasteiger partial charge in [0.05, 0.1) is 5.69 Å². The van der Waals surface area contributed by atoms with Crippen LogP contribution in [0.1, 0.15) is 33.3 Å². The van der Waals surface area contributed by atoms with E-state index in [-0.39, 0.29) is 0 Å². The first-order chi connectivity index (χ1) is 9.88. The van der Waals surface area contributed by atoms with E-state index in [1.807, 2.05) is 0 Å². The Morgan fingerprint density at radius 2 is 1.86 bits per heavy atom. The topological polar surface area (TPSA) is 18.5 Å². The molecule has 0 amide bonds. The molecule has 1 aliphatic heterocycles. The summed E-state index contributed by atoms with van der Waals surface area (Å²) >= 11 is 3.76. The number of anilines is 1. The number of benzene rings is 1. The van der Waals surface area contributed by atoms with E-state index in [1.54, 1.807) is 0 Å². The molecular weight excluding hydrogens is 326 g/mol. The van der Waals surface area contributed by atoms with Gasteiger partial charge in [0, 0.05) is 42.2 Å². The first-order valence-corrected chi connectivity index (χ1v) is 8.66. The fraction of sp³-hybridized carbons (Fsp3) is 0.647. The number of rotatable bonds is 4. The van der Waals surface area contributed by atoms with Crippen molar-refractivity contribution in [3.63, 3.8) is 0 Å². The van der Waals surface area contributed by atoms with Crippen molar-refractivity contribution in [3.05, 3.63) is 28.2 Å². The Labute approximate surface area is 137 Å². The van der Waals surface area contributed by atoms with Gasteiger partial charge >= 0.3 is 0 Å². The lowest BCUT2D eigenvalue weighted by atomic mass is 10.1. The lowest BCUT2D eigenvalue weighted by Crippen LogP contribution is -2.55. The van der Waals surface area contributed by atoms with Crippen LogP contribution in [0.15, 0.2) is 22.7 Å². The molecule has 2 rings (SSSR count). The second-order valence-electron chi connectivity index (χ2n) is 6.59. The Morgan fingerprint density at radius 1 is 1.24 bits per heavy atom. The van der Waals surface area contributed by atoms with Crippen molar-refractivity contribution in [1.29, 1.82) is 0 Å². The molecule has 0 aliphatic carbocycles. The third-order valence-electron chi connectivity index (χ3n) is 4.43. The lowest BCUT2D eigenvalue weighted by Gasteiger charge is -2.43. The summed E-state index contributed by atoms with van der Waals surface area (Å²) in [7, 11) is 2.22. The molecule has 1 heterocycles. The number of halogens is 1. The van der Waals surface area contributed by atoms with Crippen molar-refractivity contribution >= 4 is 21.6 Å². The Kier molecular flexibility index (Phi) is 5.69. The highest BCUT2D eigenvalue weighted by Crippen LogP contribution is 2.30. The lowest BCUT2D eigenvalue weighted by molar-refractivity contribution is 0.170. The third kappa shape index (κ3) is 4.21. The van der Waals surface area contributed by atoms with Crippen molar-refractivity contribution in [2.24, 2.45) is 0 Å². The van der Waals surface area contributed by atoms with Crippen molar-refractivity contribution < 1.29 is 0 Å². The summed E-state index contributed by atoms with van der Waals surface area (Å²) in [6, 6.07) is 8.43. The number of likely N-dealkylation sites (N-methyl/N-ethyl adjacent to an activating group) is 1. The molecule has 1 N–H and O–H groups in total. The minimum atomic E-state index is 0.516. The first-order valence-electron chi connectivity index (χ1n) is 7.87. The molecule has 2 unspecified atom stereocenters. The number of nitrogens with one attached hydrogen (secondary N) is 1. The molecule has 21 heavy (non-hydrogen) atoms. The minimum absolute atomic E-state index is 0.516. The van der Waals surface area contributed by atoms with Crippen molar-refractivity contribution in [3.8, 4) is 0 Å². The van der Waals surface area contributed by atoms with Crippen LogP contribution in [0.25, 0.3) is 0 Å². The summed E-state index contributed by atoms with van der Waals surface area (Å²) in [6.07, 6.45) is 0.